The summed E-state index contributed by atoms with van der Waals surface area (Å²) < 4.78 is 0. The fourth-order valence-corrected chi connectivity index (χ4v) is 2.08. The Morgan fingerprint density at radius 1 is 0.917 bits per heavy atom. The summed E-state index contributed by atoms with van der Waals surface area (Å²) in [6, 6.07) is 14.2. The third-order valence-corrected chi connectivity index (χ3v) is 3.46. The van der Waals surface area contributed by atoms with Crippen LogP contribution in [0.5, 0.6) is 0 Å². The fourth-order valence-electron chi connectivity index (χ4n) is 2.08. The van der Waals surface area contributed by atoms with Gasteiger partial charge < -0.3 is 16.2 Å². The largest absolute Gasteiger partial charge is 0.396 e. The number of rotatable bonds is 7. The maximum absolute atomic E-state index is 11.8. The highest BCUT2D eigenvalue weighted by atomic mass is 16.3. The number of aliphatic hydroxyl groups is 1. The molecule has 0 saturated carbocycles. The van der Waals surface area contributed by atoms with E-state index in [4.69, 9.17) is 10.8 Å². The Morgan fingerprint density at radius 3 is 1.88 bits per heavy atom. The Kier molecular flexibility index (Phi) is 6.28. The predicted molar refractivity (Wildman–Crippen MR) is 94.4 cm³/mol. The van der Waals surface area contributed by atoms with Crippen LogP contribution in [0.4, 0.5) is 0 Å². The summed E-state index contributed by atoms with van der Waals surface area (Å²) in [6.07, 6.45) is 4.38. The van der Waals surface area contributed by atoms with E-state index in [1.165, 1.54) is 0 Å². The first-order chi connectivity index (χ1) is 11.6. The van der Waals surface area contributed by atoms with E-state index in [1.807, 2.05) is 36.4 Å². The Bertz CT molecular complexity index is 719. The standard InChI is InChI=1S/C19H20N2O3/c20-18(23)16-8-4-14(5-9-16)2-3-15-6-10-17(11-7-15)19(24)21-12-1-13-22/h2-11,22H,1,12-13H2,(H2,20,23)(H,21,24). The molecular weight excluding hydrogens is 304 g/mol. The highest BCUT2D eigenvalue weighted by molar-refractivity contribution is 5.94. The lowest BCUT2D eigenvalue weighted by molar-refractivity contribution is 0.0949. The van der Waals surface area contributed by atoms with Crippen molar-refractivity contribution in [1.82, 2.24) is 5.32 Å². The molecule has 5 heteroatoms. The average Bonchev–Trinajstić information content (AvgIpc) is 2.61. The van der Waals surface area contributed by atoms with Crippen LogP contribution >= 0.6 is 0 Å². The van der Waals surface area contributed by atoms with E-state index >= 15 is 0 Å². The van der Waals surface area contributed by atoms with E-state index in [9.17, 15) is 9.59 Å². The van der Waals surface area contributed by atoms with Crippen LogP contribution in [0.15, 0.2) is 48.5 Å². The van der Waals surface area contributed by atoms with Gasteiger partial charge in [0.15, 0.2) is 0 Å². The van der Waals surface area contributed by atoms with Crippen LogP contribution in [0.2, 0.25) is 0 Å². The third kappa shape index (κ3) is 5.07. The molecule has 0 spiro atoms. The molecule has 0 aliphatic rings. The van der Waals surface area contributed by atoms with Gasteiger partial charge in [0.25, 0.3) is 5.91 Å². The van der Waals surface area contributed by atoms with E-state index in [0.717, 1.165) is 11.1 Å². The van der Waals surface area contributed by atoms with Crippen LogP contribution in [0.1, 0.15) is 38.3 Å². The van der Waals surface area contributed by atoms with E-state index in [-0.39, 0.29) is 12.5 Å². The van der Waals surface area contributed by atoms with Gasteiger partial charge in [-0.3, -0.25) is 9.59 Å². The molecule has 0 fully saturated rings. The van der Waals surface area contributed by atoms with Gasteiger partial charge in [-0.15, -0.1) is 0 Å². The van der Waals surface area contributed by atoms with Gasteiger partial charge in [0.2, 0.25) is 5.91 Å². The van der Waals surface area contributed by atoms with Gasteiger partial charge in [-0.1, -0.05) is 36.4 Å². The molecule has 2 aromatic carbocycles. The van der Waals surface area contributed by atoms with Crippen molar-refractivity contribution < 1.29 is 14.7 Å². The van der Waals surface area contributed by atoms with E-state index in [0.29, 0.717) is 24.1 Å². The summed E-state index contributed by atoms with van der Waals surface area (Å²) in [7, 11) is 0. The predicted octanol–water partition coefficient (Wildman–Crippen LogP) is 2.07. The number of hydrogen-bond acceptors (Lipinski definition) is 3. The third-order valence-electron chi connectivity index (χ3n) is 3.46. The Morgan fingerprint density at radius 2 is 1.42 bits per heavy atom. The van der Waals surface area contributed by atoms with Crippen LogP contribution in [0.25, 0.3) is 12.2 Å². The van der Waals surface area contributed by atoms with Crippen molar-refractivity contribution >= 4 is 24.0 Å². The number of nitrogens with two attached hydrogens (primary N) is 1. The van der Waals surface area contributed by atoms with E-state index in [2.05, 4.69) is 5.32 Å². The monoisotopic (exact) mass is 324 g/mol. The Balaban J connectivity index is 1.97. The second-order valence-electron chi connectivity index (χ2n) is 5.27. The summed E-state index contributed by atoms with van der Waals surface area (Å²) in [5.74, 6) is -0.598. The van der Waals surface area contributed by atoms with Gasteiger partial charge in [0, 0.05) is 24.3 Å². The molecule has 0 aliphatic carbocycles. The lowest BCUT2D eigenvalue weighted by atomic mass is 10.1. The lowest BCUT2D eigenvalue weighted by Gasteiger charge is -2.04. The first kappa shape index (κ1) is 17.4. The second kappa shape index (κ2) is 8.64. The van der Waals surface area contributed by atoms with Crippen molar-refractivity contribution in [1.29, 1.82) is 0 Å². The lowest BCUT2D eigenvalue weighted by Crippen LogP contribution is -2.24. The number of hydrogen-bond donors (Lipinski definition) is 3. The smallest absolute Gasteiger partial charge is 0.251 e. The van der Waals surface area contributed by atoms with Crippen LogP contribution in [0, 0.1) is 0 Å². The van der Waals surface area contributed by atoms with Crippen molar-refractivity contribution in [2.24, 2.45) is 5.73 Å². The molecule has 2 aromatic rings. The maximum atomic E-state index is 11.8. The molecule has 0 heterocycles. The molecule has 0 radical (unpaired) electrons. The summed E-state index contributed by atoms with van der Waals surface area (Å²) in [6.45, 7) is 0.517. The summed E-state index contributed by atoms with van der Waals surface area (Å²) in [4.78, 5) is 22.9. The van der Waals surface area contributed by atoms with Crippen molar-refractivity contribution in [3.63, 3.8) is 0 Å². The summed E-state index contributed by atoms with van der Waals surface area (Å²) >= 11 is 0. The fraction of sp³-hybridized carbons (Fsp3) is 0.158. The molecule has 0 atom stereocenters. The molecule has 24 heavy (non-hydrogen) atoms. The molecule has 0 bridgehead atoms. The first-order valence-corrected chi connectivity index (χ1v) is 7.67. The van der Waals surface area contributed by atoms with E-state index < -0.39 is 5.91 Å². The van der Waals surface area contributed by atoms with Crippen molar-refractivity contribution in [2.75, 3.05) is 13.2 Å². The van der Waals surface area contributed by atoms with Gasteiger partial charge in [-0.05, 0) is 41.8 Å². The molecule has 2 rings (SSSR count). The molecular formula is C19H20N2O3. The second-order valence-corrected chi connectivity index (χ2v) is 5.27. The minimum Gasteiger partial charge on any atom is -0.396 e. The Hall–Kier alpha value is -2.92. The van der Waals surface area contributed by atoms with Gasteiger partial charge in [0.05, 0.1) is 0 Å². The van der Waals surface area contributed by atoms with Crippen LogP contribution in [0.3, 0.4) is 0 Å². The zero-order valence-electron chi connectivity index (χ0n) is 13.2. The zero-order chi connectivity index (χ0) is 17.4. The number of nitrogens with one attached hydrogen (secondary N) is 1. The molecule has 0 aliphatic heterocycles. The van der Waals surface area contributed by atoms with E-state index in [1.54, 1.807) is 24.3 Å². The molecule has 0 saturated heterocycles. The quantitative estimate of drug-likeness (QED) is 0.538. The normalized spacial score (nSPS) is 10.7. The van der Waals surface area contributed by atoms with Gasteiger partial charge in [-0.25, -0.2) is 0 Å². The highest BCUT2D eigenvalue weighted by Gasteiger charge is 2.03. The molecule has 0 unspecified atom stereocenters. The van der Waals surface area contributed by atoms with Gasteiger partial charge in [-0.2, -0.15) is 0 Å². The highest BCUT2D eigenvalue weighted by Crippen LogP contribution is 2.11. The molecule has 124 valence electrons. The number of primary amides is 1. The van der Waals surface area contributed by atoms with Crippen LogP contribution in [-0.2, 0) is 0 Å². The maximum Gasteiger partial charge on any atom is 0.251 e. The number of carbonyl (C=O) groups excluding carboxylic acids is 2. The molecule has 0 aromatic heterocycles. The Labute approximate surface area is 140 Å². The number of amides is 2. The minimum absolute atomic E-state index is 0.0600. The van der Waals surface area contributed by atoms with Crippen LogP contribution < -0.4 is 11.1 Å². The van der Waals surface area contributed by atoms with Crippen LogP contribution in [-0.4, -0.2) is 30.1 Å². The SMILES string of the molecule is NC(=O)c1ccc(C=Cc2ccc(C(=O)NCCCO)cc2)cc1. The van der Waals surface area contributed by atoms with Gasteiger partial charge in [0.1, 0.15) is 0 Å². The molecule has 5 nitrogen and oxygen atoms in total. The first-order valence-electron chi connectivity index (χ1n) is 7.67. The number of aliphatic hydroxyl groups excluding tert-OH is 1. The topological polar surface area (TPSA) is 92.4 Å². The molecule has 2 amide bonds. The zero-order valence-corrected chi connectivity index (χ0v) is 13.2. The number of carbonyl (C=O) groups is 2. The van der Waals surface area contributed by atoms with Crippen molar-refractivity contribution in [3.8, 4) is 0 Å². The average molecular weight is 324 g/mol. The summed E-state index contributed by atoms with van der Waals surface area (Å²) in [5, 5.41) is 11.4. The van der Waals surface area contributed by atoms with Crippen molar-refractivity contribution in [3.05, 3.63) is 70.8 Å². The molecule has 4 N–H and O–H groups in total. The number of benzene rings is 2. The van der Waals surface area contributed by atoms with Crippen molar-refractivity contribution in [2.45, 2.75) is 6.42 Å². The van der Waals surface area contributed by atoms with Gasteiger partial charge >= 0.3 is 0 Å². The summed E-state index contributed by atoms with van der Waals surface area (Å²) in [5.41, 5.74) is 8.17. The minimum atomic E-state index is -0.446.